The number of carbonyl (C=O) groups is 2. The van der Waals surface area contributed by atoms with Crippen LogP contribution in [0.3, 0.4) is 0 Å². The Morgan fingerprint density at radius 3 is 1.93 bits per heavy atom. The second-order valence-corrected chi connectivity index (χ2v) is 6.98. The maximum Gasteiger partial charge on any atom is 0.243 e. The lowest BCUT2D eigenvalue weighted by Gasteiger charge is -2.13. The quantitative estimate of drug-likeness (QED) is 0.595. The highest BCUT2D eigenvalue weighted by Crippen LogP contribution is 2.18. The van der Waals surface area contributed by atoms with Gasteiger partial charge in [0.15, 0.2) is 0 Å². The summed E-state index contributed by atoms with van der Waals surface area (Å²) >= 11 is 0. The summed E-state index contributed by atoms with van der Waals surface area (Å²) in [5.74, 6) is 0.538. The van der Waals surface area contributed by atoms with Crippen LogP contribution in [0.1, 0.15) is 34.1 Å². The lowest BCUT2D eigenvalue weighted by Crippen LogP contribution is -2.21. The summed E-state index contributed by atoms with van der Waals surface area (Å²) in [7, 11) is 0. The third kappa shape index (κ3) is 6.95. The first kappa shape index (κ1) is 21.3. The molecule has 0 radical (unpaired) electrons. The first-order valence-electron chi connectivity index (χ1n) is 9.58. The van der Waals surface area contributed by atoms with Crippen LogP contribution in [-0.4, -0.2) is 24.5 Å². The van der Waals surface area contributed by atoms with Crippen LogP contribution in [0, 0.1) is 5.92 Å². The second kappa shape index (κ2) is 10.3. The highest BCUT2D eigenvalue weighted by molar-refractivity contribution is 5.95. The van der Waals surface area contributed by atoms with Gasteiger partial charge in [0.25, 0.3) is 0 Å². The van der Waals surface area contributed by atoms with E-state index in [0.717, 1.165) is 17.9 Å². The molecule has 0 heterocycles. The molecule has 0 saturated carbocycles. The molecule has 0 aromatic heterocycles. The summed E-state index contributed by atoms with van der Waals surface area (Å²) in [6.07, 6.45) is 1.13. The summed E-state index contributed by atoms with van der Waals surface area (Å²) in [5, 5.41) is 8.72. The van der Waals surface area contributed by atoms with E-state index in [-0.39, 0.29) is 30.4 Å². The van der Waals surface area contributed by atoms with Gasteiger partial charge in [-0.15, -0.1) is 0 Å². The first-order valence-corrected chi connectivity index (χ1v) is 9.58. The highest BCUT2D eigenvalue weighted by atomic mass is 16.5. The summed E-state index contributed by atoms with van der Waals surface area (Å²) < 4.78 is 5.74. The Hall–Kier alpha value is -3.02. The minimum absolute atomic E-state index is 0.0402. The average Bonchev–Trinajstić information content (AvgIpc) is 2.68. The van der Waals surface area contributed by atoms with Crippen LogP contribution in [0.4, 0.5) is 17.1 Å². The molecule has 6 nitrogen and oxygen atoms in total. The van der Waals surface area contributed by atoms with Crippen molar-refractivity contribution in [3.8, 4) is 5.75 Å². The molecule has 0 fully saturated rings. The van der Waals surface area contributed by atoms with Crippen LogP contribution in [0.5, 0.6) is 5.75 Å². The largest absolute Gasteiger partial charge is 0.491 e. The van der Waals surface area contributed by atoms with Crippen molar-refractivity contribution in [2.24, 2.45) is 5.92 Å². The standard InChI is InChI=1S/C22H29N3O3/c1-5-16(4)28-20-12-10-17(11-13-20)23-14-21(26)24-18-6-8-19(9-7-18)25-22(27)15(2)3/h6-13,15-16,23H,5,14H2,1-4H3,(H,24,26)(H,25,27). The summed E-state index contributed by atoms with van der Waals surface area (Å²) in [6.45, 7) is 7.93. The Balaban J connectivity index is 1.80. The summed E-state index contributed by atoms with van der Waals surface area (Å²) in [5.41, 5.74) is 2.22. The minimum Gasteiger partial charge on any atom is -0.491 e. The first-order chi connectivity index (χ1) is 13.4. The van der Waals surface area contributed by atoms with Gasteiger partial charge in [-0.1, -0.05) is 20.8 Å². The molecule has 150 valence electrons. The van der Waals surface area contributed by atoms with Crippen molar-refractivity contribution in [2.45, 2.75) is 40.2 Å². The van der Waals surface area contributed by atoms with Crippen molar-refractivity contribution >= 4 is 28.9 Å². The van der Waals surface area contributed by atoms with Crippen LogP contribution in [-0.2, 0) is 9.59 Å². The third-order valence-electron chi connectivity index (χ3n) is 4.18. The predicted molar refractivity (Wildman–Crippen MR) is 114 cm³/mol. The van der Waals surface area contributed by atoms with E-state index in [9.17, 15) is 9.59 Å². The Bertz CT molecular complexity index is 771. The second-order valence-electron chi connectivity index (χ2n) is 6.98. The van der Waals surface area contributed by atoms with Gasteiger partial charge in [-0.25, -0.2) is 0 Å². The SMILES string of the molecule is CCC(C)Oc1ccc(NCC(=O)Nc2ccc(NC(=O)C(C)C)cc2)cc1. The number of carbonyl (C=O) groups excluding carboxylic acids is 2. The maximum absolute atomic E-state index is 12.1. The van der Waals surface area contributed by atoms with Crippen molar-refractivity contribution in [1.82, 2.24) is 0 Å². The van der Waals surface area contributed by atoms with Crippen molar-refractivity contribution < 1.29 is 14.3 Å². The molecule has 0 aliphatic rings. The third-order valence-corrected chi connectivity index (χ3v) is 4.18. The van der Waals surface area contributed by atoms with E-state index >= 15 is 0 Å². The number of anilines is 3. The summed E-state index contributed by atoms with van der Waals surface area (Å²) in [4.78, 5) is 23.8. The molecule has 2 aromatic rings. The smallest absolute Gasteiger partial charge is 0.243 e. The molecular weight excluding hydrogens is 354 g/mol. The monoisotopic (exact) mass is 383 g/mol. The average molecular weight is 383 g/mol. The Morgan fingerprint density at radius 1 is 0.857 bits per heavy atom. The molecule has 3 N–H and O–H groups in total. The molecule has 2 amide bonds. The topological polar surface area (TPSA) is 79.5 Å². The number of rotatable bonds is 9. The van der Waals surface area contributed by atoms with Gasteiger partial charge in [0.1, 0.15) is 5.75 Å². The van der Waals surface area contributed by atoms with Crippen molar-refractivity contribution in [3.05, 3.63) is 48.5 Å². The van der Waals surface area contributed by atoms with Gasteiger partial charge in [-0.3, -0.25) is 9.59 Å². The number of hydrogen-bond acceptors (Lipinski definition) is 4. The number of benzene rings is 2. The van der Waals surface area contributed by atoms with Gasteiger partial charge in [0, 0.05) is 23.0 Å². The van der Waals surface area contributed by atoms with Crippen LogP contribution in [0.25, 0.3) is 0 Å². The van der Waals surface area contributed by atoms with Crippen LogP contribution in [0.2, 0.25) is 0 Å². The van der Waals surface area contributed by atoms with Gasteiger partial charge in [-0.2, -0.15) is 0 Å². The highest BCUT2D eigenvalue weighted by Gasteiger charge is 2.08. The molecule has 0 bridgehead atoms. The Morgan fingerprint density at radius 2 is 1.39 bits per heavy atom. The number of nitrogens with one attached hydrogen (secondary N) is 3. The Labute approximate surface area is 166 Å². The molecule has 1 atom stereocenters. The molecule has 1 unspecified atom stereocenters. The van der Waals surface area contributed by atoms with E-state index in [0.29, 0.717) is 11.4 Å². The molecule has 0 aliphatic heterocycles. The van der Waals surface area contributed by atoms with E-state index in [1.807, 2.05) is 45.0 Å². The molecule has 0 spiro atoms. The van der Waals surface area contributed by atoms with E-state index in [1.165, 1.54) is 0 Å². The lowest BCUT2D eigenvalue weighted by molar-refractivity contribution is -0.119. The molecule has 0 saturated heterocycles. The van der Waals surface area contributed by atoms with Gasteiger partial charge in [-0.05, 0) is 61.9 Å². The zero-order valence-electron chi connectivity index (χ0n) is 16.9. The van der Waals surface area contributed by atoms with Crippen LogP contribution in [0.15, 0.2) is 48.5 Å². The fraction of sp³-hybridized carbons (Fsp3) is 0.364. The van der Waals surface area contributed by atoms with Gasteiger partial charge in [0.05, 0.1) is 12.6 Å². The zero-order chi connectivity index (χ0) is 20.5. The number of ether oxygens (including phenoxy) is 1. The fourth-order valence-corrected chi connectivity index (χ4v) is 2.28. The van der Waals surface area contributed by atoms with E-state index in [1.54, 1.807) is 24.3 Å². The molecule has 28 heavy (non-hydrogen) atoms. The lowest BCUT2D eigenvalue weighted by atomic mass is 10.2. The maximum atomic E-state index is 12.1. The summed E-state index contributed by atoms with van der Waals surface area (Å²) in [6, 6.07) is 14.6. The molecule has 6 heteroatoms. The number of amides is 2. The van der Waals surface area contributed by atoms with E-state index in [2.05, 4.69) is 22.9 Å². The minimum atomic E-state index is -0.154. The molecule has 2 aromatic carbocycles. The van der Waals surface area contributed by atoms with Gasteiger partial charge >= 0.3 is 0 Å². The normalized spacial score (nSPS) is 11.6. The van der Waals surface area contributed by atoms with E-state index < -0.39 is 0 Å². The van der Waals surface area contributed by atoms with Gasteiger partial charge in [0.2, 0.25) is 11.8 Å². The van der Waals surface area contributed by atoms with Crippen molar-refractivity contribution in [3.63, 3.8) is 0 Å². The molecule has 2 rings (SSSR count). The predicted octanol–water partition coefficient (Wildman–Crippen LogP) is 4.51. The van der Waals surface area contributed by atoms with E-state index in [4.69, 9.17) is 4.74 Å². The van der Waals surface area contributed by atoms with Gasteiger partial charge < -0.3 is 20.7 Å². The molecule has 0 aliphatic carbocycles. The Kier molecular flexibility index (Phi) is 7.87. The van der Waals surface area contributed by atoms with Crippen molar-refractivity contribution in [1.29, 1.82) is 0 Å². The van der Waals surface area contributed by atoms with Crippen LogP contribution >= 0.6 is 0 Å². The van der Waals surface area contributed by atoms with Crippen LogP contribution < -0.4 is 20.7 Å². The zero-order valence-corrected chi connectivity index (χ0v) is 16.9. The fourth-order valence-electron chi connectivity index (χ4n) is 2.28. The number of hydrogen-bond donors (Lipinski definition) is 3. The van der Waals surface area contributed by atoms with Crippen molar-refractivity contribution in [2.75, 3.05) is 22.5 Å². The molecular formula is C22H29N3O3.